The minimum absolute atomic E-state index is 0.124. The Balaban J connectivity index is 3.24. The van der Waals surface area contributed by atoms with E-state index in [4.69, 9.17) is 9.47 Å². The minimum atomic E-state index is -0.124. The summed E-state index contributed by atoms with van der Waals surface area (Å²) in [6, 6.07) is 4.15. The van der Waals surface area contributed by atoms with Crippen LogP contribution in [0.1, 0.15) is 22.9 Å². The fourth-order valence-electron chi connectivity index (χ4n) is 1.82. The molecule has 3 heteroatoms. The van der Waals surface area contributed by atoms with Crippen molar-refractivity contribution in [3.05, 3.63) is 28.8 Å². The molecular formula is C12H19NO2. The van der Waals surface area contributed by atoms with Crippen molar-refractivity contribution in [1.29, 1.82) is 0 Å². The monoisotopic (exact) mass is 209 g/mol. The fraction of sp³-hybridized carbons (Fsp3) is 0.500. The van der Waals surface area contributed by atoms with Gasteiger partial charge in [0.2, 0.25) is 0 Å². The van der Waals surface area contributed by atoms with Crippen LogP contribution in [0, 0.1) is 13.8 Å². The topological polar surface area (TPSA) is 30.5 Å². The largest absolute Gasteiger partial charge is 0.496 e. The highest BCUT2D eigenvalue weighted by Crippen LogP contribution is 2.30. The van der Waals surface area contributed by atoms with E-state index in [0.717, 1.165) is 11.3 Å². The molecule has 0 saturated carbocycles. The van der Waals surface area contributed by atoms with Gasteiger partial charge in [-0.2, -0.15) is 0 Å². The predicted octanol–water partition coefficient (Wildman–Crippen LogP) is 2.18. The third-order valence-electron chi connectivity index (χ3n) is 2.47. The first-order chi connectivity index (χ1) is 7.13. The van der Waals surface area contributed by atoms with Crippen molar-refractivity contribution in [3.8, 4) is 5.75 Å². The van der Waals surface area contributed by atoms with Gasteiger partial charge in [0.05, 0.1) is 7.11 Å². The normalized spacial score (nSPS) is 12.6. The van der Waals surface area contributed by atoms with Gasteiger partial charge in [-0.15, -0.1) is 0 Å². The van der Waals surface area contributed by atoms with E-state index in [-0.39, 0.29) is 6.23 Å². The summed E-state index contributed by atoms with van der Waals surface area (Å²) in [6.45, 7) is 4.12. The summed E-state index contributed by atoms with van der Waals surface area (Å²) >= 11 is 0. The molecule has 15 heavy (non-hydrogen) atoms. The van der Waals surface area contributed by atoms with E-state index in [2.05, 4.69) is 25.2 Å². The van der Waals surface area contributed by atoms with Crippen LogP contribution in [0.4, 0.5) is 0 Å². The Kier molecular flexibility index (Phi) is 4.12. The number of methoxy groups -OCH3 is 2. The van der Waals surface area contributed by atoms with E-state index < -0.39 is 0 Å². The zero-order valence-electron chi connectivity index (χ0n) is 10.0. The molecule has 0 aromatic heterocycles. The highest BCUT2D eigenvalue weighted by atomic mass is 16.5. The summed E-state index contributed by atoms with van der Waals surface area (Å²) in [5, 5.41) is 3.10. The highest BCUT2D eigenvalue weighted by Gasteiger charge is 2.16. The van der Waals surface area contributed by atoms with E-state index >= 15 is 0 Å². The lowest BCUT2D eigenvalue weighted by molar-refractivity contribution is 0.0781. The van der Waals surface area contributed by atoms with Crippen LogP contribution in [0.25, 0.3) is 0 Å². The van der Waals surface area contributed by atoms with Gasteiger partial charge in [0.25, 0.3) is 0 Å². The SMILES string of the molecule is CNC(OC)c1c(C)cc(C)cc1OC. The molecule has 0 bridgehead atoms. The molecule has 84 valence electrons. The first-order valence-electron chi connectivity index (χ1n) is 4.99. The summed E-state index contributed by atoms with van der Waals surface area (Å²) in [6.07, 6.45) is -0.124. The van der Waals surface area contributed by atoms with Gasteiger partial charge in [0.1, 0.15) is 12.0 Å². The number of aryl methyl sites for hydroxylation is 2. The number of rotatable bonds is 4. The maximum Gasteiger partial charge on any atom is 0.137 e. The number of hydrogen-bond donors (Lipinski definition) is 1. The smallest absolute Gasteiger partial charge is 0.137 e. The lowest BCUT2D eigenvalue weighted by Crippen LogP contribution is -2.20. The van der Waals surface area contributed by atoms with Gasteiger partial charge in [-0.05, 0) is 38.1 Å². The second-order valence-corrected chi connectivity index (χ2v) is 3.60. The molecule has 0 aliphatic carbocycles. The average molecular weight is 209 g/mol. The quantitative estimate of drug-likeness (QED) is 0.771. The molecule has 0 saturated heterocycles. The molecule has 0 heterocycles. The van der Waals surface area contributed by atoms with Gasteiger partial charge in [0.15, 0.2) is 0 Å². The van der Waals surface area contributed by atoms with Gasteiger partial charge in [-0.1, -0.05) is 6.07 Å². The molecule has 1 aromatic carbocycles. The first-order valence-corrected chi connectivity index (χ1v) is 4.99. The minimum Gasteiger partial charge on any atom is -0.496 e. The van der Waals surface area contributed by atoms with Crippen molar-refractivity contribution in [3.63, 3.8) is 0 Å². The van der Waals surface area contributed by atoms with Crippen LogP contribution in [0.3, 0.4) is 0 Å². The maximum absolute atomic E-state index is 5.37. The third-order valence-corrected chi connectivity index (χ3v) is 2.47. The lowest BCUT2D eigenvalue weighted by Gasteiger charge is -2.20. The van der Waals surface area contributed by atoms with E-state index in [0.29, 0.717) is 0 Å². The molecule has 0 spiro atoms. The molecule has 0 aliphatic heterocycles. The first kappa shape index (κ1) is 12.0. The molecule has 0 fully saturated rings. The van der Waals surface area contributed by atoms with E-state index in [9.17, 15) is 0 Å². The summed E-state index contributed by atoms with van der Waals surface area (Å²) < 4.78 is 10.7. The molecule has 1 aromatic rings. The standard InChI is InChI=1S/C12H19NO2/c1-8-6-9(2)11(10(7-8)14-4)12(13-3)15-5/h6-7,12-13H,1-5H3. The molecule has 0 amide bonds. The number of ether oxygens (including phenoxy) is 2. The average Bonchev–Trinajstić information content (AvgIpc) is 2.21. The second-order valence-electron chi connectivity index (χ2n) is 3.60. The fourth-order valence-corrected chi connectivity index (χ4v) is 1.82. The van der Waals surface area contributed by atoms with Gasteiger partial charge in [-0.3, -0.25) is 5.32 Å². The lowest BCUT2D eigenvalue weighted by atomic mass is 10.0. The summed E-state index contributed by atoms with van der Waals surface area (Å²) in [7, 11) is 5.23. The molecule has 1 unspecified atom stereocenters. The van der Waals surface area contributed by atoms with Crippen molar-refractivity contribution < 1.29 is 9.47 Å². The number of hydrogen-bond acceptors (Lipinski definition) is 3. The van der Waals surface area contributed by atoms with Crippen LogP contribution in [0.2, 0.25) is 0 Å². The van der Waals surface area contributed by atoms with Crippen LogP contribution in [-0.2, 0) is 4.74 Å². The summed E-state index contributed by atoms with van der Waals surface area (Å²) in [4.78, 5) is 0. The molecule has 1 N–H and O–H groups in total. The molecule has 1 rings (SSSR count). The highest BCUT2D eigenvalue weighted by molar-refractivity contribution is 5.44. The van der Waals surface area contributed by atoms with Crippen LogP contribution < -0.4 is 10.1 Å². The van der Waals surface area contributed by atoms with Gasteiger partial charge in [-0.25, -0.2) is 0 Å². The molecule has 0 radical (unpaired) electrons. The van der Waals surface area contributed by atoms with E-state index in [1.807, 2.05) is 13.1 Å². The summed E-state index contributed by atoms with van der Waals surface area (Å²) in [5.41, 5.74) is 3.43. The zero-order chi connectivity index (χ0) is 11.4. The maximum atomic E-state index is 5.37. The van der Waals surface area contributed by atoms with Gasteiger partial charge < -0.3 is 9.47 Å². The Hall–Kier alpha value is -1.06. The van der Waals surface area contributed by atoms with Crippen LogP contribution in [0.5, 0.6) is 5.75 Å². The van der Waals surface area contributed by atoms with Crippen molar-refractivity contribution in [1.82, 2.24) is 5.32 Å². The van der Waals surface area contributed by atoms with Gasteiger partial charge in [0, 0.05) is 12.7 Å². The van der Waals surface area contributed by atoms with E-state index in [1.54, 1.807) is 14.2 Å². The van der Waals surface area contributed by atoms with Crippen molar-refractivity contribution >= 4 is 0 Å². The molecule has 1 atom stereocenters. The number of benzene rings is 1. The van der Waals surface area contributed by atoms with Crippen LogP contribution in [-0.4, -0.2) is 21.3 Å². The van der Waals surface area contributed by atoms with Crippen molar-refractivity contribution in [2.45, 2.75) is 20.1 Å². The van der Waals surface area contributed by atoms with Crippen LogP contribution >= 0.6 is 0 Å². The van der Waals surface area contributed by atoms with Gasteiger partial charge >= 0.3 is 0 Å². The van der Waals surface area contributed by atoms with Crippen LogP contribution in [0.15, 0.2) is 12.1 Å². The third kappa shape index (κ3) is 2.49. The Labute approximate surface area is 91.4 Å². The molecule has 3 nitrogen and oxygen atoms in total. The summed E-state index contributed by atoms with van der Waals surface area (Å²) in [5.74, 6) is 0.869. The Morgan fingerprint density at radius 2 is 1.87 bits per heavy atom. The predicted molar refractivity (Wildman–Crippen MR) is 61.3 cm³/mol. The molecule has 0 aliphatic rings. The Bertz CT molecular complexity index is 333. The van der Waals surface area contributed by atoms with E-state index in [1.165, 1.54) is 11.1 Å². The number of nitrogens with one attached hydrogen (secondary N) is 1. The molecular weight excluding hydrogens is 190 g/mol. The Morgan fingerprint density at radius 3 is 2.33 bits per heavy atom. The van der Waals surface area contributed by atoms with Crippen molar-refractivity contribution in [2.75, 3.05) is 21.3 Å². The zero-order valence-corrected chi connectivity index (χ0v) is 10.0. The second kappa shape index (κ2) is 5.14. The van der Waals surface area contributed by atoms with Crippen molar-refractivity contribution in [2.24, 2.45) is 0 Å². The Morgan fingerprint density at radius 1 is 1.20 bits per heavy atom.